The lowest BCUT2D eigenvalue weighted by molar-refractivity contribution is -0.219. The number of alkyl halides is 3. The van der Waals surface area contributed by atoms with Crippen LogP contribution in [-0.4, -0.2) is 6.18 Å². The van der Waals surface area contributed by atoms with Crippen LogP contribution in [0.15, 0.2) is 12.2 Å². The van der Waals surface area contributed by atoms with Crippen molar-refractivity contribution in [2.45, 2.75) is 51.6 Å². The minimum absolute atomic E-state index is 0.135. The zero-order valence-electron chi connectivity index (χ0n) is 8.53. The maximum absolute atomic E-state index is 12.7. The Kier molecular flexibility index (Phi) is 3.62. The molecular formula is C11H17F3. The molecule has 1 rings (SSSR count). The number of hydrogen-bond donors (Lipinski definition) is 0. The zero-order valence-corrected chi connectivity index (χ0v) is 8.53. The highest BCUT2D eigenvalue weighted by Crippen LogP contribution is 2.45. The van der Waals surface area contributed by atoms with E-state index in [0.29, 0.717) is 6.42 Å². The second-order valence-corrected chi connectivity index (χ2v) is 4.33. The first-order valence-corrected chi connectivity index (χ1v) is 5.17. The minimum Gasteiger partial charge on any atom is -0.171 e. The first-order valence-electron chi connectivity index (χ1n) is 5.17. The second kappa shape index (κ2) is 4.37. The summed E-state index contributed by atoms with van der Waals surface area (Å²) in [6, 6.07) is 0. The summed E-state index contributed by atoms with van der Waals surface area (Å²) in [6.45, 7) is 1.34. The van der Waals surface area contributed by atoms with Crippen molar-refractivity contribution in [3.63, 3.8) is 0 Å². The summed E-state index contributed by atoms with van der Waals surface area (Å²) >= 11 is 0. The molecule has 0 amide bonds. The van der Waals surface area contributed by atoms with Crippen molar-refractivity contribution < 1.29 is 13.2 Å². The van der Waals surface area contributed by atoms with Crippen LogP contribution in [0.1, 0.15) is 45.4 Å². The molecule has 0 aromatic heterocycles. The third-order valence-electron chi connectivity index (χ3n) is 3.02. The van der Waals surface area contributed by atoms with Gasteiger partial charge in [-0.3, -0.25) is 0 Å². The predicted octanol–water partition coefficient (Wildman–Crippen LogP) is 4.47. The van der Waals surface area contributed by atoms with E-state index in [1.54, 1.807) is 6.08 Å². The number of hydrogen-bond acceptors (Lipinski definition) is 0. The Morgan fingerprint density at radius 1 is 1.07 bits per heavy atom. The lowest BCUT2D eigenvalue weighted by Gasteiger charge is -2.30. The van der Waals surface area contributed by atoms with Gasteiger partial charge in [0, 0.05) is 0 Å². The Hall–Kier alpha value is -0.470. The monoisotopic (exact) mass is 206 g/mol. The Bertz CT molecular complexity index is 205. The van der Waals surface area contributed by atoms with E-state index in [0.717, 1.165) is 19.3 Å². The first-order chi connectivity index (χ1) is 6.46. The summed E-state index contributed by atoms with van der Waals surface area (Å²) in [7, 11) is 0. The van der Waals surface area contributed by atoms with Crippen LogP contribution in [0.3, 0.4) is 0 Å². The van der Waals surface area contributed by atoms with E-state index >= 15 is 0 Å². The first kappa shape index (κ1) is 11.6. The highest BCUT2D eigenvalue weighted by Gasteiger charge is 2.49. The van der Waals surface area contributed by atoms with Gasteiger partial charge < -0.3 is 0 Å². The van der Waals surface area contributed by atoms with Crippen molar-refractivity contribution in [1.29, 1.82) is 0 Å². The fourth-order valence-electron chi connectivity index (χ4n) is 1.77. The molecule has 0 saturated carbocycles. The normalized spacial score (nSPS) is 32.9. The van der Waals surface area contributed by atoms with Crippen molar-refractivity contribution in [3.8, 4) is 0 Å². The molecule has 82 valence electrons. The van der Waals surface area contributed by atoms with Crippen LogP contribution in [0.4, 0.5) is 13.2 Å². The largest absolute Gasteiger partial charge is 0.394 e. The molecule has 3 heteroatoms. The van der Waals surface area contributed by atoms with Crippen molar-refractivity contribution >= 4 is 0 Å². The fraction of sp³-hybridized carbons (Fsp3) is 0.818. The van der Waals surface area contributed by atoms with Crippen LogP contribution in [-0.2, 0) is 0 Å². The summed E-state index contributed by atoms with van der Waals surface area (Å²) < 4.78 is 38.2. The van der Waals surface area contributed by atoms with Gasteiger partial charge in [-0.25, -0.2) is 0 Å². The number of allylic oxidation sites excluding steroid dienone is 2. The van der Waals surface area contributed by atoms with Gasteiger partial charge in [0.05, 0.1) is 5.41 Å². The van der Waals surface area contributed by atoms with E-state index in [1.165, 1.54) is 6.92 Å². The smallest absolute Gasteiger partial charge is 0.171 e. The summed E-state index contributed by atoms with van der Waals surface area (Å²) in [5.41, 5.74) is -1.51. The second-order valence-electron chi connectivity index (χ2n) is 4.33. The van der Waals surface area contributed by atoms with Crippen molar-refractivity contribution in [2.24, 2.45) is 5.41 Å². The van der Waals surface area contributed by atoms with Gasteiger partial charge in [0.2, 0.25) is 0 Å². The van der Waals surface area contributed by atoms with Gasteiger partial charge in [0.1, 0.15) is 0 Å². The molecule has 0 nitrogen and oxygen atoms in total. The van der Waals surface area contributed by atoms with E-state index in [9.17, 15) is 13.2 Å². The SMILES string of the molecule is CC1(C(F)(F)F)C/C=C\CCCCC1. The Morgan fingerprint density at radius 2 is 1.79 bits per heavy atom. The predicted molar refractivity (Wildman–Crippen MR) is 51.0 cm³/mol. The molecule has 0 N–H and O–H groups in total. The molecule has 14 heavy (non-hydrogen) atoms. The van der Waals surface area contributed by atoms with Crippen LogP contribution in [0, 0.1) is 5.41 Å². The minimum atomic E-state index is -4.07. The summed E-state index contributed by atoms with van der Waals surface area (Å²) in [5, 5.41) is 0. The molecule has 1 aliphatic rings. The van der Waals surface area contributed by atoms with Crippen molar-refractivity contribution in [2.75, 3.05) is 0 Å². The standard InChI is InChI=1S/C11H17F3/c1-10(11(12,13)14)8-6-4-2-3-5-7-9-10/h4,6H,2-3,5,7-9H2,1H3/b6-4-. The van der Waals surface area contributed by atoms with Crippen molar-refractivity contribution in [3.05, 3.63) is 12.2 Å². The molecule has 0 heterocycles. The summed E-state index contributed by atoms with van der Waals surface area (Å²) in [5.74, 6) is 0. The molecular weight excluding hydrogens is 189 g/mol. The van der Waals surface area contributed by atoms with Crippen molar-refractivity contribution in [1.82, 2.24) is 0 Å². The quantitative estimate of drug-likeness (QED) is 0.513. The van der Waals surface area contributed by atoms with Gasteiger partial charge in [0.25, 0.3) is 0 Å². The van der Waals surface area contributed by atoms with E-state index in [2.05, 4.69) is 0 Å². The third-order valence-corrected chi connectivity index (χ3v) is 3.02. The molecule has 1 atom stereocenters. The summed E-state index contributed by atoms with van der Waals surface area (Å²) in [4.78, 5) is 0. The van der Waals surface area contributed by atoms with Gasteiger partial charge >= 0.3 is 6.18 Å². The van der Waals surface area contributed by atoms with Crippen LogP contribution >= 0.6 is 0 Å². The van der Waals surface area contributed by atoms with Crippen LogP contribution in [0.5, 0.6) is 0 Å². The highest BCUT2D eigenvalue weighted by molar-refractivity contribution is 4.93. The van der Waals surface area contributed by atoms with E-state index in [-0.39, 0.29) is 12.8 Å². The molecule has 0 bridgehead atoms. The molecule has 0 aromatic rings. The average molecular weight is 206 g/mol. The van der Waals surface area contributed by atoms with Gasteiger partial charge in [-0.2, -0.15) is 13.2 Å². The Labute approximate surface area is 83.2 Å². The zero-order chi connectivity index (χ0) is 10.7. The van der Waals surface area contributed by atoms with Gasteiger partial charge in [-0.05, 0) is 25.7 Å². The molecule has 1 unspecified atom stereocenters. The molecule has 0 spiro atoms. The van der Waals surface area contributed by atoms with Gasteiger partial charge in [0.15, 0.2) is 0 Å². The molecule has 0 aromatic carbocycles. The Morgan fingerprint density at radius 3 is 2.43 bits per heavy atom. The molecule has 0 radical (unpaired) electrons. The maximum Gasteiger partial charge on any atom is 0.394 e. The average Bonchev–Trinajstić information content (AvgIpc) is 2.16. The van der Waals surface area contributed by atoms with E-state index in [1.807, 2.05) is 6.08 Å². The number of halogens is 3. The maximum atomic E-state index is 12.7. The van der Waals surface area contributed by atoms with Gasteiger partial charge in [-0.15, -0.1) is 0 Å². The molecule has 0 aliphatic heterocycles. The molecule has 0 saturated heterocycles. The van der Waals surface area contributed by atoms with E-state index < -0.39 is 11.6 Å². The molecule has 1 aliphatic carbocycles. The molecule has 0 fully saturated rings. The summed E-state index contributed by atoms with van der Waals surface area (Å²) in [6.07, 6.45) is 3.46. The van der Waals surface area contributed by atoms with E-state index in [4.69, 9.17) is 0 Å². The van der Waals surface area contributed by atoms with Gasteiger partial charge in [-0.1, -0.05) is 31.9 Å². The Balaban J connectivity index is 2.72. The lowest BCUT2D eigenvalue weighted by Crippen LogP contribution is -2.34. The lowest BCUT2D eigenvalue weighted by atomic mass is 9.81. The van der Waals surface area contributed by atoms with Crippen LogP contribution < -0.4 is 0 Å². The van der Waals surface area contributed by atoms with Crippen LogP contribution in [0.2, 0.25) is 0 Å². The number of rotatable bonds is 0. The highest BCUT2D eigenvalue weighted by atomic mass is 19.4. The fourth-order valence-corrected chi connectivity index (χ4v) is 1.77. The third kappa shape index (κ3) is 2.76. The van der Waals surface area contributed by atoms with Crippen LogP contribution in [0.25, 0.3) is 0 Å². The topological polar surface area (TPSA) is 0 Å².